The van der Waals surface area contributed by atoms with Crippen molar-refractivity contribution in [1.29, 1.82) is 0 Å². The van der Waals surface area contributed by atoms with Gasteiger partial charge in [0.05, 0.1) is 29.4 Å². The van der Waals surface area contributed by atoms with Crippen LogP contribution in [0.5, 0.6) is 0 Å². The van der Waals surface area contributed by atoms with Crippen LogP contribution in [0, 0.1) is 0 Å². The van der Waals surface area contributed by atoms with E-state index in [0.29, 0.717) is 25.3 Å². The Balaban J connectivity index is 0.00000129. The molecule has 0 unspecified atom stereocenters. The summed E-state index contributed by atoms with van der Waals surface area (Å²) in [6.45, 7) is 24.9. The molecule has 1 N–H and O–H groups in total. The van der Waals surface area contributed by atoms with Gasteiger partial charge in [0.2, 0.25) is 0 Å². The van der Waals surface area contributed by atoms with Gasteiger partial charge in [0.25, 0.3) is 5.91 Å². The monoisotopic (exact) mass is 680 g/mol. The van der Waals surface area contributed by atoms with E-state index in [0.717, 1.165) is 80.8 Å². The first-order valence-electron chi connectivity index (χ1n) is 17.5. The summed E-state index contributed by atoms with van der Waals surface area (Å²) in [6, 6.07) is 5.35. The Morgan fingerprint density at radius 2 is 1.52 bits per heavy atom. The molecule has 0 bridgehead atoms. The van der Waals surface area contributed by atoms with Crippen molar-refractivity contribution in [3.63, 3.8) is 0 Å². The second-order valence-electron chi connectivity index (χ2n) is 13.5. The largest absolute Gasteiger partial charge is 0.416 e. The van der Waals surface area contributed by atoms with E-state index in [9.17, 15) is 18.0 Å². The summed E-state index contributed by atoms with van der Waals surface area (Å²) < 4.78 is 44.6. The molecule has 0 radical (unpaired) electrons. The van der Waals surface area contributed by atoms with Gasteiger partial charge >= 0.3 is 6.18 Å². The van der Waals surface area contributed by atoms with Crippen LogP contribution in [-0.4, -0.2) is 95.6 Å². The minimum atomic E-state index is -4.35. The molecule has 7 nitrogen and oxygen atoms in total. The predicted octanol–water partition coefficient (Wildman–Crippen LogP) is 8.31. The number of piperidine rings is 1. The van der Waals surface area contributed by atoms with Crippen molar-refractivity contribution in [2.45, 2.75) is 118 Å². The molecular weight excluding hydrogens is 617 g/mol. The smallest absolute Gasteiger partial charge is 0.390 e. The van der Waals surface area contributed by atoms with Crippen LogP contribution in [-0.2, 0) is 15.7 Å². The number of likely N-dealkylation sites (tertiary alicyclic amines) is 1. The Morgan fingerprint density at radius 3 is 1.94 bits per heavy atom. The molecule has 48 heavy (non-hydrogen) atoms. The van der Waals surface area contributed by atoms with E-state index >= 15 is 0 Å². The number of benzene rings is 1. The number of carbonyl (C=O) groups is 1. The molecule has 2 aliphatic rings. The van der Waals surface area contributed by atoms with Crippen molar-refractivity contribution in [3.05, 3.63) is 58.8 Å². The molecule has 0 saturated carbocycles. The van der Waals surface area contributed by atoms with E-state index in [1.807, 2.05) is 52.5 Å². The maximum Gasteiger partial charge on any atom is 0.416 e. The van der Waals surface area contributed by atoms with Gasteiger partial charge in [-0.3, -0.25) is 19.6 Å². The van der Waals surface area contributed by atoms with Crippen LogP contribution >= 0.6 is 0 Å². The minimum absolute atomic E-state index is 0.00782. The lowest BCUT2D eigenvalue weighted by atomic mass is 9.86. The molecule has 1 aromatic carbocycles. The van der Waals surface area contributed by atoms with Crippen molar-refractivity contribution in [3.8, 4) is 0 Å². The summed E-state index contributed by atoms with van der Waals surface area (Å²) in [5.41, 5.74) is 2.15. The van der Waals surface area contributed by atoms with E-state index < -0.39 is 17.3 Å². The number of allylic oxidation sites excluding steroid dienone is 2. The third-order valence-corrected chi connectivity index (χ3v) is 9.14. The number of hydrogen-bond acceptors (Lipinski definition) is 6. The van der Waals surface area contributed by atoms with Crippen molar-refractivity contribution in [2.75, 3.05) is 53.0 Å². The third kappa shape index (κ3) is 13.4. The molecule has 2 fully saturated rings. The number of amides is 1. The molecule has 10 heteroatoms. The fraction of sp³-hybridized carbons (Fsp3) is 0.684. The minimum Gasteiger partial charge on any atom is -0.390 e. The van der Waals surface area contributed by atoms with E-state index in [2.05, 4.69) is 28.6 Å². The van der Waals surface area contributed by atoms with Crippen LogP contribution in [0.3, 0.4) is 0 Å². The van der Waals surface area contributed by atoms with Gasteiger partial charge < -0.3 is 14.7 Å². The Hall–Kier alpha value is -2.53. The van der Waals surface area contributed by atoms with Crippen molar-refractivity contribution < 1.29 is 27.8 Å². The number of aliphatic hydroxyl groups is 1. The first-order chi connectivity index (χ1) is 22.5. The second kappa shape index (κ2) is 20.2. The number of alkyl halides is 3. The molecule has 1 atom stereocenters. The summed E-state index contributed by atoms with van der Waals surface area (Å²) in [4.78, 5) is 24.7. The van der Waals surface area contributed by atoms with Crippen LogP contribution in [0.4, 0.5) is 13.2 Å². The van der Waals surface area contributed by atoms with Gasteiger partial charge in [-0.1, -0.05) is 51.5 Å². The number of halogens is 3. The highest BCUT2D eigenvalue weighted by molar-refractivity contribution is 6.21. The number of carbonyl (C=O) groups excluding carboxylic acids is 1. The first-order valence-corrected chi connectivity index (χ1v) is 17.5. The molecular formula is C38H63F3N4O3. The molecule has 0 aliphatic carbocycles. The van der Waals surface area contributed by atoms with E-state index in [4.69, 9.17) is 9.84 Å². The number of aliphatic imine (C=N–C) groups is 1. The summed E-state index contributed by atoms with van der Waals surface area (Å²) >= 11 is 0. The molecule has 1 amide bonds. The number of rotatable bonds is 10. The van der Waals surface area contributed by atoms with Crippen LogP contribution in [0.2, 0.25) is 0 Å². The number of piperazine rings is 1. The molecule has 0 aromatic heterocycles. The fourth-order valence-corrected chi connectivity index (χ4v) is 5.77. The molecule has 0 spiro atoms. The quantitative estimate of drug-likeness (QED) is 0.199. The molecule has 1 aromatic rings. The summed E-state index contributed by atoms with van der Waals surface area (Å²) in [5, 5.41) is 8.83. The van der Waals surface area contributed by atoms with Gasteiger partial charge in [-0.2, -0.15) is 13.2 Å². The van der Waals surface area contributed by atoms with Crippen molar-refractivity contribution in [1.82, 2.24) is 14.7 Å². The topological polar surface area (TPSA) is 68.6 Å². The van der Waals surface area contributed by atoms with Gasteiger partial charge in [0, 0.05) is 63.8 Å². The van der Waals surface area contributed by atoms with Crippen LogP contribution in [0.1, 0.15) is 112 Å². The van der Waals surface area contributed by atoms with Gasteiger partial charge in [-0.15, -0.1) is 0 Å². The van der Waals surface area contributed by atoms with Crippen LogP contribution < -0.4 is 0 Å². The average Bonchev–Trinajstić information content (AvgIpc) is 3.04. The highest BCUT2D eigenvalue weighted by Crippen LogP contribution is 2.34. The standard InChI is InChI=1S/C31H45F3N4O2.C5H12O.C2H6/c1-7-8-15-35-24(4)28(23(2)3)29(39)37-16-13-30(5,14-17-37)38-20-18-36(19-21-38)27(22-40-6)25-9-11-26(12-10-25)31(32,33)34;1-4-5(2,3)6;1-2/h8-12,15,27H,7,13-14,16-22H2,1-6H3;6H,4H2,1-3H3;1-2H3/b15-8+,35-24?;;/t27-;;/m0../s1. The molecule has 2 saturated heterocycles. The van der Waals surface area contributed by atoms with Crippen molar-refractivity contribution in [2.24, 2.45) is 4.99 Å². The number of methoxy groups -OCH3 is 1. The number of hydrogen-bond donors (Lipinski definition) is 1. The zero-order valence-corrected chi connectivity index (χ0v) is 31.5. The predicted molar refractivity (Wildman–Crippen MR) is 192 cm³/mol. The third-order valence-electron chi connectivity index (χ3n) is 9.14. The number of nitrogens with zero attached hydrogens (tertiary/aromatic N) is 4. The Morgan fingerprint density at radius 1 is 1.00 bits per heavy atom. The second-order valence-corrected chi connectivity index (χ2v) is 13.5. The molecule has 2 heterocycles. The molecule has 3 rings (SSSR count). The van der Waals surface area contributed by atoms with E-state index in [-0.39, 0.29) is 17.5 Å². The zero-order chi connectivity index (χ0) is 36.7. The average molecular weight is 681 g/mol. The van der Waals surface area contributed by atoms with Crippen molar-refractivity contribution >= 4 is 11.6 Å². The summed E-state index contributed by atoms with van der Waals surface area (Å²) in [6.07, 6.45) is 2.91. The number of ether oxygens (including phenoxy) is 1. The fourth-order valence-electron chi connectivity index (χ4n) is 5.77. The van der Waals surface area contributed by atoms with E-state index in [1.54, 1.807) is 39.3 Å². The summed E-state index contributed by atoms with van der Waals surface area (Å²) in [7, 11) is 1.62. The highest BCUT2D eigenvalue weighted by Gasteiger charge is 2.40. The lowest BCUT2D eigenvalue weighted by molar-refractivity contribution is -0.137. The Labute approximate surface area is 288 Å². The zero-order valence-electron chi connectivity index (χ0n) is 31.5. The van der Waals surface area contributed by atoms with Gasteiger partial charge in [0.15, 0.2) is 0 Å². The van der Waals surface area contributed by atoms with E-state index in [1.165, 1.54) is 0 Å². The lowest BCUT2D eigenvalue weighted by Gasteiger charge is -2.50. The van der Waals surface area contributed by atoms with Gasteiger partial charge in [-0.05, 0) is 84.9 Å². The summed E-state index contributed by atoms with van der Waals surface area (Å²) in [5.74, 6) is 0.0527. The first kappa shape index (κ1) is 43.5. The van der Waals surface area contributed by atoms with Gasteiger partial charge in [0.1, 0.15) is 0 Å². The normalized spacial score (nSPS) is 18.4. The maximum absolute atomic E-state index is 13.5. The SMILES string of the molecule is CC.CC/C=C/N=C(C)C(C(=O)N1CCC(C)(N2CCN([C@@H](COC)c3ccc(C(F)(F)F)cc3)CC2)CC1)=C(C)C.CCC(C)(C)O. The Bertz CT molecular complexity index is 1180. The lowest BCUT2D eigenvalue weighted by Crippen LogP contribution is -2.60. The Kier molecular flexibility index (Phi) is 18.3. The van der Waals surface area contributed by atoms with Crippen LogP contribution in [0.25, 0.3) is 0 Å². The van der Waals surface area contributed by atoms with Crippen LogP contribution in [0.15, 0.2) is 52.7 Å². The highest BCUT2D eigenvalue weighted by atomic mass is 19.4. The maximum atomic E-state index is 13.5. The van der Waals surface area contributed by atoms with Gasteiger partial charge in [-0.25, -0.2) is 0 Å². The molecule has 2 aliphatic heterocycles. The molecule has 274 valence electrons.